The lowest BCUT2D eigenvalue weighted by Gasteiger charge is -2.07. The number of nitrogens with zero attached hydrogens (tertiary/aromatic N) is 1. The van der Waals surface area contributed by atoms with E-state index < -0.39 is 9.05 Å². The van der Waals surface area contributed by atoms with Crippen molar-refractivity contribution in [3.63, 3.8) is 0 Å². The van der Waals surface area contributed by atoms with Gasteiger partial charge in [-0.15, -0.1) is 11.6 Å². The summed E-state index contributed by atoms with van der Waals surface area (Å²) >= 11 is 8.72. The van der Waals surface area contributed by atoms with Crippen molar-refractivity contribution in [1.82, 2.24) is 0 Å². The molecule has 0 heterocycles. The number of nitriles is 1. The molecule has 0 radical (unpaired) electrons. The van der Waals surface area contributed by atoms with Crippen LogP contribution in [0.3, 0.4) is 0 Å². The third-order valence-corrected chi connectivity index (χ3v) is 4.30. The SMILES string of the molecule is N#Cc1ccc(S(=O)(=O)Cl)c(CCl)c1Br. The molecule has 80 valence electrons. The van der Waals surface area contributed by atoms with Gasteiger partial charge in [-0.3, -0.25) is 0 Å². The Morgan fingerprint density at radius 1 is 1.47 bits per heavy atom. The fourth-order valence-electron chi connectivity index (χ4n) is 1.04. The van der Waals surface area contributed by atoms with Crippen molar-refractivity contribution in [3.8, 4) is 6.07 Å². The van der Waals surface area contributed by atoms with Gasteiger partial charge in [-0.1, -0.05) is 0 Å². The summed E-state index contributed by atoms with van der Waals surface area (Å²) in [6, 6.07) is 4.54. The van der Waals surface area contributed by atoms with E-state index in [0.717, 1.165) is 0 Å². The minimum Gasteiger partial charge on any atom is -0.207 e. The fraction of sp³-hybridized carbons (Fsp3) is 0.125. The molecule has 0 unspecified atom stereocenters. The largest absolute Gasteiger partial charge is 0.261 e. The molecule has 0 saturated heterocycles. The van der Waals surface area contributed by atoms with Crippen LogP contribution in [0, 0.1) is 11.3 Å². The average Bonchev–Trinajstić information content (AvgIpc) is 2.15. The van der Waals surface area contributed by atoms with Gasteiger partial charge in [-0.05, 0) is 28.1 Å². The number of benzene rings is 1. The third-order valence-electron chi connectivity index (χ3n) is 1.72. The minimum atomic E-state index is -3.84. The van der Waals surface area contributed by atoms with Gasteiger partial charge in [0.25, 0.3) is 9.05 Å². The maximum Gasteiger partial charge on any atom is 0.261 e. The number of hydrogen-bond acceptors (Lipinski definition) is 3. The zero-order chi connectivity index (χ0) is 11.6. The molecular formula is C8H4BrCl2NO2S. The number of rotatable bonds is 2. The van der Waals surface area contributed by atoms with Crippen LogP contribution in [0.2, 0.25) is 0 Å². The Balaban J connectivity index is 3.61. The summed E-state index contributed by atoms with van der Waals surface area (Å²) in [4.78, 5) is -0.0787. The van der Waals surface area contributed by atoms with Crippen LogP contribution in [0.15, 0.2) is 21.5 Å². The fourth-order valence-corrected chi connectivity index (χ4v) is 3.40. The second-order valence-electron chi connectivity index (χ2n) is 2.59. The summed E-state index contributed by atoms with van der Waals surface area (Å²) < 4.78 is 22.7. The van der Waals surface area contributed by atoms with Crippen molar-refractivity contribution in [3.05, 3.63) is 27.7 Å². The number of halogens is 3. The van der Waals surface area contributed by atoms with Gasteiger partial charge >= 0.3 is 0 Å². The Bertz CT molecular complexity index is 536. The van der Waals surface area contributed by atoms with E-state index in [2.05, 4.69) is 15.9 Å². The van der Waals surface area contributed by atoms with Crippen molar-refractivity contribution < 1.29 is 8.42 Å². The zero-order valence-electron chi connectivity index (χ0n) is 7.17. The standard InChI is InChI=1S/C8H4BrCl2NO2S/c9-8-5(4-12)1-2-7(6(8)3-10)15(11,13)14/h1-2H,3H2. The summed E-state index contributed by atoms with van der Waals surface area (Å²) in [5.74, 6) is -0.0443. The molecule has 0 aliphatic carbocycles. The van der Waals surface area contributed by atoms with Crippen LogP contribution < -0.4 is 0 Å². The second-order valence-corrected chi connectivity index (χ2v) is 6.18. The second kappa shape index (κ2) is 4.71. The molecule has 0 aromatic heterocycles. The molecule has 1 rings (SSSR count). The first-order valence-electron chi connectivity index (χ1n) is 3.64. The van der Waals surface area contributed by atoms with Crippen LogP contribution in [0.1, 0.15) is 11.1 Å². The van der Waals surface area contributed by atoms with Crippen molar-refractivity contribution in [2.24, 2.45) is 0 Å². The van der Waals surface area contributed by atoms with Gasteiger partial charge in [-0.25, -0.2) is 8.42 Å². The van der Waals surface area contributed by atoms with E-state index in [1.807, 2.05) is 6.07 Å². The lowest BCUT2D eigenvalue weighted by atomic mass is 10.1. The van der Waals surface area contributed by atoms with Gasteiger partial charge in [0.15, 0.2) is 0 Å². The Labute approximate surface area is 105 Å². The summed E-state index contributed by atoms with van der Waals surface area (Å²) in [7, 11) is 1.38. The molecule has 3 nitrogen and oxygen atoms in total. The Morgan fingerprint density at radius 2 is 2.07 bits per heavy atom. The summed E-state index contributed by atoms with van der Waals surface area (Å²) in [6.45, 7) is 0. The molecular weight excluding hydrogens is 325 g/mol. The molecule has 1 aromatic carbocycles. The van der Waals surface area contributed by atoms with Crippen LogP contribution in [-0.4, -0.2) is 8.42 Å². The quantitative estimate of drug-likeness (QED) is 0.619. The highest BCUT2D eigenvalue weighted by atomic mass is 79.9. The van der Waals surface area contributed by atoms with Gasteiger partial charge in [0.1, 0.15) is 6.07 Å². The van der Waals surface area contributed by atoms with E-state index in [0.29, 0.717) is 15.6 Å². The highest BCUT2D eigenvalue weighted by Gasteiger charge is 2.19. The first-order valence-corrected chi connectivity index (χ1v) is 7.27. The highest BCUT2D eigenvalue weighted by molar-refractivity contribution is 9.10. The van der Waals surface area contributed by atoms with E-state index >= 15 is 0 Å². The van der Waals surface area contributed by atoms with E-state index in [1.54, 1.807) is 0 Å². The van der Waals surface area contributed by atoms with Crippen molar-refractivity contribution in [1.29, 1.82) is 5.26 Å². The first-order chi connectivity index (χ1) is 6.91. The molecule has 0 N–H and O–H groups in total. The normalized spacial score (nSPS) is 11.1. The van der Waals surface area contributed by atoms with Gasteiger partial charge in [0.05, 0.1) is 10.5 Å². The molecule has 7 heteroatoms. The molecule has 0 amide bonds. The first kappa shape index (κ1) is 12.8. The van der Waals surface area contributed by atoms with Crippen molar-refractivity contribution >= 4 is 47.3 Å². The Morgan fingerprint density at radius 3 is 2.47 bits per heavy atom. The van der Waals surface area contributed by atoms with Crippen LogP contribution in [0.4, 0.5) is 0 Å². The van der Waals surface area contributed by atoms with E-state index in [1.165, 1.54) is 12.1 Å². The van der Waals surface area contributed by atoms with Crippen molar-refractivity contribution in [2.45, 2.75) is 10.8 Å². The molecule has 0 atom stereocenters. The molecule has 1 aromatic rings. The molecule has 0 saturated carbocycles. The summed E-state index contributed by atoms with van der Waals surface area (Å²) in [5, 5.41) is 8.73. The molecule has 0 aliphatic heterocycles. The van der Waals surface area contributed by atoms with E-state index in [-0.39, 0.29) is 10.8 Å². The number of alkyl halides is 1. The van der Waals surface area contributed by atoms with Crippen molar-refractivity contribution in [2.75, 3.05) is 0 Å². The van der Waals surface area contributed by atoms with Gasteiger partial charge in [0, 0.05) is 26.6 Å². The van der Waals surface area contributed by atoms with Crippen LogP contribution in [0.5, 0.6) is 0 Å². The molecule has 0 bridgehead atoms. The third kappa shape index (κ3) is 2.64. The monoisotopic (exact) mass is 327 g/mol. The van der Waals surface area contributed by atoms with Crippen LogP contribution in [0.25, 0.3) is 0 Å². The minimum absolute atomic E-state index is 0.0443. The highest BCUT2D eigenvalue weighted by Crippen LogP contribution is 2.30. The predicted octanol–water partition coefficient (Wildman–Crippen LogP) is 2.99. The maximum atomic E-state index is 11.2. The molecule has 0 fully saturated rings. The lowest BCUT2D eigenvalue weighted by Crippen LogP contribution is -1.99. The van der Waals surface area contributed by atoms with Gasteiger partial charge < -0.3 is 0 Å². The Hall–Kier alpha value is -0.280. The summed E-state index contributed by atoms with van der Waals surface area (Å²) in [5.41, 5.74) is 0.612. The van der Waals surface area contributed by atoms with Gasteiger partial charge in [-0.2, -0.15) is 5.26 Å². The van der Waals surface area contributed by atoms with Crippen LogP contribution in [-0.2, 0) is 14.9 Å². The lowest BCUT2D eigenvalue weighted by molar-refractivity contribution is 0.609. The van der Waals surface area contributed by atoms with E-state index in [4.69, 9.17) is 27.5 Å². The zero-order valence-corrected chi connectivity index (χ0v) is 11.1. The van der Waals surface area contributed by atoms with Gasteiger partial charge in [0.2, 0.25) is 0 Å². The Kier molecular flexibility index (Phi) is 4.01. The molecule has 0 spiro atoms. The molecule has 0 aliphatic rings. The predicted molar refractivity (Wildman–Crippen MR) is 61.5 cm³/mol. The topological polar surface area (TPSA) is 57.9 Å². The maximum absolute atomic E-state index is 11.2. The molecule has 15 heavy (non-hydrogen) atoms. The number of hydrogen-bond donors (Lipinski definition) is 0. The smallest absolute Gasteiger partial charge is 0.207 e. The van der Waals surface area contributed by atoms with Crippen LogP contribution >= 0.6 is 38.2 Å². The average molecular weight is 329 g/mol. The summed E-state index contributed by atoms with van der Waals surface area (Å²) in [6.07, 6.45) is 0. The van der Waals surface area contributed by atoms with E-state index in [9.17, 15) is 8.42 Å².